The molecule has 0 bridgehead atoms. The van der Waals surface area contributed by atoms with Gasteiger partial charge in [-0.1, -0.05) is 12.1 Å². The van der Waals surface area contributed by atoms with Gasteiger partial charge in [0.05, 0.1) is 12.3 Å². The molecule has 1 aliphatic carbocycles. The summed E-state index contributed by atoms with van der Waals surface area (Å²) in [5, 5.41) is 8.91. The summed E-state index contributed by atoms with van der Waals surface area (Å²) in [6.45, 7) is 0.464. The summed E-state index contributed by atoms with van der Waals surface area (Å²) in [6, 6.07) is 5.87. The third-order valence-electron chi connectivity index (χ3n) is 4.08. The van der Waals surface area contributed by atoms with Gasteiger partial charge >= 0.3 is 5.97 Å². The Bertz CT molecular complexity index is 550. The van der Waals surface area contributed by atoms with Crippen LogP contribution in [0.25, 0.3) is 0 Å². The number of rotatable bonds is 3. The molecule has 5 nitrogen and oxygen atoms in total. The number of carboxylic acid groups (broad SMARTS) is 1. The van der Waals surface area contributed by atoms with Crippen LogP contribution in [0.2, 0.25) is 0 Å². The van der Waals surface area contributed by atoms with E-state index in [1.807, 2.05) is 18.2 Å². The van der Waals surface area contributed by atoms with E-state index in [1.165, 1.54) is 0 Å². The molecule has 5 heteroatoms. The maximum Gasteiger partial charge on any atom is 0.306 e. The average Bonchev–Trinajstić information content (AvgIpc) is 2.63. The van der Waals surface area contributed by atoms with Gasteiger partial charge in [-0.15, -0.1) is 0 Å². The van der Waals surface area contributed by atoms with Crippen molar-refractivity contribution in [3.8, 4) is 0 Å². The summed E-state index contributed by atoms with van der Waals surface area (Å²) >= 11 is 0. The van der Waals surface area contributed by atoms with Crippen LogP contribution in [0.3, 0.4) is 0 Å². The van der Waals surface area contributed by atoms with Gasteiger partial charge in [0, 0.05) is 18.3 Å². The van der Waals surface area contributed by atoms with Crippen molar-refractivity contribution in [1.29, 1.82) is 0 Å². The summed E-state index contributed by atoms with van der Waals surface area (Å²) in [6.07, 6.45) is 1.51. The standard InChI is InChI=1S/C14H16N2O3/c15-7-8-1-2-12-9(3-8)6-13(17)16(12)11-4-10(5-11)14(18)19/h1-3,10-11H,4-7,15H2,(H,18,19). The van der Waals surface area contributed by atoms with Gasteiger partial charge in [-0.3, -0.25) is 9.59 Å². The molecule has 1 aliphatic heterocycles. The Hall–Kier alpha value is -1.88. The Labute approximate surface area is 111 Å². The van der Waals surface area contributed by atoms with Crippen molar-refractivity contribution in [2.75, 3.05) is 4.90 Å². The molecule has 1 aromatic rings. The summed E-state index contributed by atoms with van der Waals surface area (Å²) in [7, 11) is 0. The number of nitrogens with zero attached hydrogens (tertiary/aromatic N) is 1. The van der Waals surface area contributed by atoms with Gasteiger partial charge < -0.3 is 15.7 Å². The number of carbonyl (C=O) groups excluding carboxylic acids is 1. The molecule has 1 saturated carbocycles. The lowest BCUT2D eigenvalue weighted by Gasteiger charge is -2.39. The van der Waals surface area contributed by atoms with E-state index in [9.17, 15) is 9.59 Å². The molecule has 3 N–H and O–H groups in total. The predicted molar refractivity (Wildman–Crippen MR) is 69.7 cm³/mol. The van der Waals surface area contributed by atoms with E-state index >= 15 is 0 Å². The first-order valence-corrected chi connectivity index (χ1v) is 6.47. The van der Waals surface area contributed by atoms with Crippen LogP contribution in [0.15, 0.2) is 18.2 Å². The summed E-state index contributed by atoms with van der Waals surface area (Å²) in [5.74, 6) is -0.996. The average molecular weight is 260 g/mol. The number of carbonyl (C=O) groups is 2. The molecule has 0 aromatic heterocycles. The first kappa shape index (κ1) is 12.2. The van der Waals surface area contributed by atoms with E-state index in [-0.39, 0.29) is 17.9 Å². The molecule has 0 radical (unpaired) electrons. The smallest absolute Gasteiger partial charge is 0.306 e. The largest absolute Gasteiger partial charge is 0.481 e. The summed E-state index contributed by atoms with van der Waals surface area (Å²) < 4.78 is 0. The first-order chi connectivity index (χ1) is 9.10. The molecule has 0 saturated heterocycles. The van der Waals surface area contributed by atoms with Gasteiger partial charge in [0.1, 0.15) is 0 Å². The molecule has 100 valence electrons. The van der Waals surface area contributed by atoms with Crippen molar-refractivity contribution in [3.05, 3.63) is 29.3 Å². The van der Waals surface area contributed by atoms with E-state index in [2.05, 4.69) is 0 Å². The van der Waals surface area contributed by atoms with Crippen LogP contribution < -0.4 is 10.6 Å². The van der Waals surface area contributed by atoms with E-state index in [0.29, 0.717) is 25.8 Å². The molecule has 0 atom stereocenters. The third-order valence-corrected chi connectivity index (χ3v) is 4.08. The molecule has 1 fully saturated rings. The zero-order valence-corrected chi connectivity index (χ0v) is 10.5. The molecule has 2 aliphatic rings. The Balaban J connectivity index is 1.82. The van der Waals surface area contributed by atoms with Gasteiger partial charge in [-0.25, -0.2) is 0 Å². The lowest BCUT2D eigenvalue weighted by molar-refractivity contribution is -0.145. The number of benzene rings is 1. The van der Waals surface area contributed by atoms with Crippen molar-refractivity contribution < 1.29 is 14.7 Å². The van der Waals surface area contributed by atoms with Crippen LogP contribution in [-0.2, 0) is 22.6 Å². The monoisotopic (exact) mass is 260 g/mol. The maximum absolute atomic E-state index is 12.1. The number of carboxylic acids is 1. The number of hydrogen-bond donors (Lipinski definition) is 2. The minimum absolute atomic E-state index is 0.0403. The van der Waals surface area contributed by atoms with Gasteiger partial charge in [0.2, 0.25) is 5.91 Å². The summed E-state index contributed by atoms with van der Waals surface area (Å²) in [4.78, 5) is 24.7. The zero-order chi connectivity index (χ0) is 13.6. The molecular formula is C14H16N2O3. The number of anilines is 1. The highest BCUT2D eigenvalue weighted by Gasteiger charge is 2.43. The van der Waals surface area contributed by atoms with Gasteiger partial charge in [0.15, 0.2) is 0 Å². The second-order valence-electron chi connectivity index (χ2n) is 5.27. The lowest BCUT2D eigenvalue weighted by Crippen LogP contribution is -2.48. The minimum atomic E-state index is -0.762. The number of nitrogens with two attached hydrogens (primary N) is 1. The predicted octanol–water partition coefficient (Wildman–Crippen LogP) is 0.898. The van der Waals surface area contributed by atoms with Crippen molar-refractivity contribution in [1.82, 2.24) is 0 Å². The van der Waals surface area contributed by atoms with Gasteiger partial charge in [0.25, 0.3) is 0 Å². The van der Waals surface area contributed by atoms with Crippen molar-refractivity contribution in [2.45, 2.75) is 31.8 Å². The van der Waals surface area contributed by atoms with E-state index in [4.69, 9.17) is 10.8 Å². The molecule has 1 amide bonds. The molecule has 19 heavy (non-hydrogen) atoms. The van der Waals surface area contributed by atoms with E-state index < -0.39 is 5.97 Å². The van der Waals surface area contributed by atoms with Crippen LogP contribution in [0.5, 0.6) is 0 Å². The molecular weight excluding hydrogens is 244 g/mol. The molecule has 3 rings (SSSR count). The Kier molecular flexibility index (Phi) is 2.78. The minimum Gasteiger partial charge on any atom is -0.481 e. The summed E-state index contributed by atoms with van der Waals surface area (Å²) in [5.41, 5.74) is 8.55. The Morgan fingerprint density at radius 2 is 2.16 bits per heavy atom. The number of aliphatic carboxylic acids is 1. The molecule has 1 aromatic carbocycles. The lowest BCUT2D eigenvalue weighted by atomic mass is 9.79. The highest BCUT2D eigenvalue weighted by atomic mass is 16.4. The normalized spacial score (nSPS) is 25.1. The van der Waals surface area contributed by atoms with E-state index in [1.54, 1.807) is 4.90 Å². The van der Waals surface area contributed by atoms with Crippen molar-refractivity contribution in [3.63, 3.8) is 0 Å². The maximum atomic E-state index is 12.1. The highest BCUT2D eigenvalue weighted by molar-refractivity contribution is 6.02. The van der Waals surface area contributed by atoms with Crippen LogP contribution in [0.1, 0.15) is 24.0 Å². The van der Waals surface area contributed by atoms with Gasteiger partial charge in [-0.2, -0.15) is 0 Å². The Morgan fingerprint density at radius 1 is 1.42 bits per heavy atom. The highest BCUT2D eigenvalue weighted by Crippen LogP contribution is 2.39. The topological polar surface area (TPSA) is 83.6 Å². The number of hydrogen-bond acceptors (Lipinski definition) is 3. The molecule has 1 heterocycles. The fourth-order valence-corrected chi connectivity index (χ4v) is 2.93. The second kappa shape index (κ2) is 4.35. The Morgan fingerprint density at radius 3 is 2.79 bits per heavy atom. The SMILES string of the molecule is NCc1ccc2c(c1)CC(=O)N2C1CC(C(=O)O)C1. The third kappa shape index (κ3) is 1.90. The molecule has 0 unspecified atom stereocenters. The second-order valence-corrected chi connectivity index (χ2v) is 5.27. The van der Waals surface area contributed by atoms with Crippen LogP contribution in [0.4, 0.5) is 5.69 Å². The van der Waals surface area contributed by atoms with E-state index in [0.717, 1.165) is 16.8 Å². The number of amides is 1. The van der Waals surface area contributed by atoms with Crippen molar-refractivity contribution in [2.24, 2.45) is 11.7 Å². The van der Waals surface area contributed by atoms with Crippen LogP contribution in [-0.4, -0.2) is 23.0 Å². The van der Waals surface area contributed by atoms with Crippen molar-refractivity contribution >= 4 is 17.6 Å². The first-order valence-electron chi connectivity index (χ1n) is 6.47. The fraction of sp³-hybridized carbons (Fsp3) is 0.429. The number of fused-ring (bicyclic) bond motifs is 1. The van der Waals surface area contributed by atoms with Gasteiger partial charge in [-0.05, 0) is 30.0 Å². The van der Waals surface area contributed by atoms with Crippen LogP contribution in [0, 0.1) is 5.92 Å². The van der Waals surface area contributed by atoms with Crippen LogP contribution >= 0.6 is 0 Å². The molecule has 0 spiro atoms. The zero-order valence-electron chi connectivity index (χ0n) is 10.5. The fourth-order valence-electron chi connectivity index (χ4n) is 2.93. The quantitative estimate of drug-likeness (QED) is 0.845.